The van der Waals surface area contributed by atoms with Crippen molar-refractivity contribution >= 4 is 0 Å². The first-order valence-corrected chi connectivity index (χ1v) is 2.75. The summed E-state index contributed by atoms with van der Waals surface area (Å²) in [5.41, 5.74) is 0. The van der Waals surface area contributed by atoms with Gasteiger partial charge in [-0.1, -0.05) is 0 Å². The highest BCUT2D eigenvalue weighted by Crippen LogP contribution is 2.11. The molecule has 1 fully saturated rings. The molecule has 0 aromatic rings. The van der Waals surface area contributed by atoms with E-state index in [2.05, 4.69) is 0 Å². The van der Waals surface area contributed by atoms with Gasteiger partial charge in [-0.05, 0) is 6.42 Å². The summed E-state index contributed by atoms with van der Waals surface area (Å²) in [5.74, 6) is 0. The van der Waals surface area contributed by atoms with Crippen molar-refractivity contribution in [2.45, 2.75) is 18.6 Å². The van der Waals surface area contributed by atoms with E-state index in [-0.39, 0.29) is 12.7 Å². The highest BCUT2D eigenvalue weighted by atomic mass is 16.5. The third-order valence-electron chi connectivity index (χ3n) is 1.35. The minimum absolute atomic E-state index is 0.0683. The molecule has 3 nitrogen and oxygen atoms in total. The van der Waals surface area contributed by atoms with E-state index in [0.717, 1.165) is 0 Å². The zero-order valence-electron chi connectivity index (χ0n) is 4.58. The van der Waals surface area contributed by atoms with Crippen molar-refractivity contribution < 1.29 is 14.9 Å². The van der Waals surface area contributed by atoms with Gasteiger partial charge in [0, 0.05) is 6.61 Å². The summed E-state index contributed by atoms with van der Waals surface area (Å²) in [5, 5.41) is 17.4. The van der Waals surface area contributed by atoms with Crippen LogP contribution in [0.25, 0.3) is 0 Å². The number of hydrogen-bond donors (Lipinski definition) is 2. The maximum Gasteiger partial charge on any atom is 0.106 e. The predicted octanol–water partition coefficient (Wildman–Crippen LogP) is -0.872. The van der Waals surface area contributed by atoms with Gasteiger partial charge < -0.3 is 14.9 Å². The molecule has 2 atom stereocenters. The molecule has 0 spiro atoms. The van der Waals surface area contributed by atoms with Crippen molar-refractivity contribution in [2.24, 2.45) is 0 Å². The number of rotatable bonds is 1. The van der Waals surface area contributed by atoms with Crippen LogP contribution in [0, 0.1) is 0 Å². The van der Waals surface area contributed by atoms with Crippen LogP contribution in [-0.4, -0.2) is 35.6 Å². The highest BCUT2D eigenvalue weighted by Gasteiger charge is 2.24. The smallest absolute Gasteiger partial charge is 0.106 e. The Kier molecular flexibility index (Phi) is 1.83. The molecule has 1 unspecified atom stereocenters. The van der Waals surface area contributed by atoms with E-state index in [1.54, 1.807) is 0 Å². The molecule has 1 aliphatic rings. The van der Waals surface area contributed by atoms with Gasteiger partial charge in [-0.15, -0.1) is 0 Å². The third-order valence-corrected chi connectivity index (χ3v) is 1.35. The molecule has 0 aromatic heterocycles. The Labute approximate surface area is 47.9 Å². The summed E-state index contributed by atoms with van der Waals surface area (Å²) >= 11 is 0. The summed E-state index contributed by atoms with van der Waals surface area (Å²) in [6.45, 7) is 0.508. The molecule has 48 valence electrons. The predicted molar refractivity (Wildman–Crippen MR) is 27.4 cm³/mol. The van der Waals surface area contributed by atoms with E-state index in [4.69, 9.17) is 14.9 Å². The first-order valence-electron chi connectivity index (χ1n) is 2.75. The van der Waals surface area contributed by atoms with Crippen molar-refractivity contribution in [3.63, 3.8) is 0 Å². The Bertz CT molecular complexity index is 74.1. The quantitative estimate of drug-likeness (QED) is 0.470. The molecule has 2 N–H and O–H groups in total. The van der Waals surface area contributed by atoms with Crippen molar-refractivity contribution in [1.29, 1.82) is 0 Å². The van der Waals surface area contributed by atoms with Crippen LogP contribution in [0.15, 0.2) is 0 Å². The maximum absolute atomic E-state index is 8.90. The van der Waals surface area contributed by atoms with Crippen molar-refractivity contribution in [1.82, 2.24) is 0 Å². The van der Waals surface area contributed by atoms with Gasteiger partial charge in [0.25, 0.3) is 0 Å². The van der Waals surface area contributed by atoms with Gasteiger partial charge in [0.05, 0.1) is 12.7 Å². The summed E-state index contributed by atoms with van der Waals surface area (Å²) in [6, 6.07) is 0. The largest absolute Gasteiger partial charge is 0.394 e. The minimum Gasteiger partial charge on any atom is -0.394 e. The fourth-order valence-electron chi connectivity index (χ4n) is 0.812. The van der Waals surface area contributed by atoms with Crippen LogP contribution in [0.3, 0.4) is 0 Å². The van der Waals surface area contributed by atoms with E-state index in [1.807, 2.05) is 0 Å². The normalized spacial score (nSPS) is 38.2. The molecule has 1 aliphatic heterocycles. The fourth-order valence-corrected chi connectivity index (χ4v) is 0.812. The van der Waals surface area contributed by atoms with Gasteiger partial charge in [0.1, 0.15) is 6.10 Å². The lowest BCUT2D eigenvalue weighted by molar-refractivity contribution is 0.00406. The van der Waals surface area contributed by atoms with Crippen LogP contribution in [0.5, 0.6) is 0 Å². The molecule has 1 saturated heterocycles. The molecular formula is C5H10O3. The molecule has 0 amide bonds. The standard InChI is InChI=1S/C5H10O3/c6-3-5-4(7)1-2-8-5/h4-7H,1-3H2/t4-,5?/m0/s1. The SMILES string of the molecule is OCC1OCC[C@@H]1O. The Morgan fingerprint density at radius 3 is 2.62 bits per heavy atom. The zero-order chi connectivity index (χ0) is 5.98. The fraction of sp³-hybridized carbons (Fsp3) is 1.00. The zero-order valence-corrected chi connectivity index (χ0v) is 4.58. The highest BCUT2D eigenvalue weighted by molar-refractivity contribution is 4.73. The molecular weight excluding hydrogens is 108 g/mol. The number of aliphatic hydroxyl groups is 2. The van der Waals surface area contributed by atoms with Crippen LogP contribution in [0.4, 0.5) is 0 Å². The van der Waals surface area contributed by atoms with E-state index in [0.29, 0.717) is 13.0 Å². The molecule has 1 heterocycles. The molecule has 0 bridgehead atoms. The summed E-state index contributed by atoms with van der Waals surface area (Å²) in [6.07, 6.45) is -0.111. The first kappa shape index (κ1) is 6.01. The first-order chi connectivity index (χ1) is 3.84. The second kappa shape index (κ2) is 2.44. The lowest BCUT2D eigenvalue weighted by Crippen LogP contribution is -2.24. The Morgan fingerprint density at radius 2 is 2.38 bits per heavy atom. The van der Waals surface area contributed by atoms with E-state index in [1.165, 1.54) is 0 Å². The monoisotopic (exact) mass is 118 g/mol. The summed E-state index contributed by atoms with van der Waals surface area (Å²) in [4.78, 5) is 0. The number of ether oxygens (including phenoxy) is 1. The van der Waals surface area contributed by atoms with Crippen molar-refractivity contribution in [2.75, 3.05) is 13.2 Å². The molecule has 0 aromatic carbocycles. The average molecular weight is 118 g/mol. The van der Waals surface area contributed by atoms with E-state index in [9.17, 15) is 0 Å². The number of hydrogen-bond acceptors (Lipinski definition) is 3. The average Bonchev–Trinajstić information content (AvgIpc) is 2.14. The van der Waals surface area contributed by atoms with E-state index < -0.39 is 6.10 Å². The van der Waals surface area contributed by atoms with Crippen LogP contribution < -0.4 is 0 Å². The molecule has 8 heavy (non-hydrogen) atoms. The molecule has 1 rings (SSSR count). The molecule has 0 saturated carbocycles. The van der Waals surface area contributed by atoms with Gasteiger partial charge in [-0.25, -0.2) is 0 Å². The molecule has 3 heteroatoms. The second-order valence-electron chi connectivity index (χ2n) is 1.95. The molecule has 0 aliphatic carbocycles. The van der Waals surface area contributed by atoms with Crippen LogP contribution >= 0.6 is 0 Å². The summed E-state index contributed by atoms with van der Waals surface area (Å²) in [7, 11) is 0. The van der Waals surface area contributed by atoms with Gasteiger partial charge in [0.2, 0.25) is 0 Å². The molecule has 0 radical (unpaired) electrons. The van der Waals surface area contributed by atoms with Gasteiger partial charge in [0.15, 0.2) is 0 Å². The van der Waals surface area contributed by atoms with Crippen LogP contribution in [0.2, 0.25) is 0 Å². The lowest BCUT2D eigenvalue weighted by Gasteiger charge is -2.07. The van der Waals surface area contributed by atoms with Crippen molar-refractivity contribution in [3.05, 3.63) is 0 Å². The van der Waals surface area contributed by atoms with Crippen LogP contribution in [0.1, 0.15) is 6.42 Å². The lowest BCUT2D eigenvalue weighted by atomic mass is 10.2. The third kappa shape index (κ3) is 0.992. The summed E-state index contributed by atoms with van der Waals surface area (Å²) < 4.78 is 4.91. The van der Waals surface area contributed by atoms with Gasteiger partial charge in [-0.3, -0.25) is 0 Å². The number of aliphatic hydroxyl groups excluding tert-OH is 2. The minimum atomic E-state index is -0.444. The topological polar surface area (TPSA) is 49.7 Å². The van der Waals surface area contributed by atoms with Gasteiger partial charge in [-0.2, -0.15) is 0 Å². The van der Waals surface area contributed by atoms with E-state index >= 15 is 0 Å². The Morgan fingerprint density at radius 1 is 1.62 bits per heavy atom. The second-order valence-corrected chi connectivity index (χ2v) is 1.95. The van der Waals surface area contributed by atoms with Crippen molar-refractivity contribution in [3.8, 4) is 0 Å². The van der Waals surface area contributed by atoms with Crippen LogP contribution in [-0.2, 0) is 4.74 Å². The maximum atomic E-state index is 8.90. The Balaban J connectivity index is 2.30. The van der Waals surface area contributed by atoms with Gasteiger partial charge >= 0.3 is 0 Å². The Hall–Kier alpha value is -0.120.